The van der Waals surface area contributed by atoms with Crippen LogP contribution in [-0.4, -0.2) is 53.2 Å². The number of carbonyl (C=O) groups is 3. The van der Waals surface area contributed by atoms with Gasteiger partial charge in [-0.2, -0.15) is 0 Å². The average Bonchev–Trinajstić information content (AvgIpc) is 2.96. The van der Waals surface area contributed by atoms with E-state index < -0.39 is 6.04 Å². The van der Waals surface area contributed by atoms with Crippen molar-refractivity contribution in [3.63, 3.8) is 0 Å². The number of likely N-dealkylation sites (tertiary alicyclic amines) is 2. The van der Waals surface area contributed by atoms with Gasteiger partial charge in [-0.05, 0) is 24.8 Å². The van der Waals surface area contributed by atoms with Crippen LogP contribution >= 0.6 is 0 Å². The summed E-state index contributed by atoms with van der Waals surface area (Å²) in [6, 6.07) is 9.42. The molecule has 2 aliphatic heterocycles. The number of hydrogen-bond donors (Lipinski definition) is 1. The van der Waals surface area contributed by atoms with Crippen molar-refractivity contribution >= 4 is 17.7 Å². The number of piperidine rings is 1. The molecule has 25 heavy (non-hydrogen) atoms. The fourth-order valence-corrected chi connectivity index (χ4v) is 3.60. The number of hydrogen-bond acceptors (Lipinski definition) is 3. The first-order chi connectivity index (χ1) is 12.0. The minimum Gasteiger partial charge on any atom is -0.344 e. The largest absolute Gasteiger partial charge is 0.344 e. The summed E-state index contributed by atoms with van der Waals surface area (Å²) in [4.78, 5) is 40.1. The molecular formula is C19H25N3O3. The van der Waals surface area contributed by atoms with E-state index in [0.717, 1.165) is 18.4 Å². The molecule has 0 radical (unpaired) electrons. The van der Waals surface area contributed by atoms with Crippen molar-refractivity contribution in [1.82, 2.24) is 15.1 Å². The van der Waals surface area contributed by atoms with E-state index in [0.29, 0.717) is 32.6 Å². The molecule has 3 rings (SSSR count). The lowest BCUT2D eigenvalue weighted by molar-refractivity contribution is -0.137. The van der Waals surface area contributed by atoms with Gasteiger partial charge < -0.3 is 15.1 Å². The maximum Gasteiger partial charge on any atom is 0.245 e. The normalized spacial score (nSPS) is 23.6. The highest BCUT2D eigenvalue weighted by atomic mass is 16.2. The molecule has 1 N–H and O–H groups in total. The zero-order valence-electron chi connectivity index (χ0n) is 14.6. The molecule has 0 saturated carbocycles. The Balaban J connectivity index is 1.54. The van der Waals surface area contributed by atoms with Crippen LogP contribution in [0.5, 0.6) is 0 Å². The summed E-state index contributed by atoms with van der Waals surface area (Å²) >= 11 is 0. The van der Waals surface area contributed by atoms with Gasteiger partial charge in [0.15, 0.2) is 0 Å². The second kappa shape index (κ2) is 7.68. The van der Waals surface area contributed by atoms with Crippen molar-refractivity contribution in [2.75, 3.05) is 19.6 Å². The Morgan fingerprint density at radius 1 is 1.16 bits per heavy atom. The third kappa shape index (κ3) is 4.18. The predicted octanol–water partition coefficient (Wildman–Crippen LogP) is 1.16. The van der Waals surface area contributed by atoms with Crippen LogP contribution in [0.15, 0.2) is 30.3 Å². The standard InChI is InChI=1S/C19H25N3O3/c1-14(23)21-10-5-8-16(13-21)18(24)20-17-9-11-22(19(17)25)12-15-6-3-2-4-7-15/h2-4,6-7,16-17H,5,8-13H2,1H3,(H,20,24)/t16-,17-/m0/s1. The fourth-order valence-electron chi connectivity index (χ4n) is 3.60. The first kappa shape index (κ1) is 17.5. The Bertz CT molecular complexity index is 647. The molecule has 2 saturated heterocycles. The van der Waals surface area contributed by atoms with Crippen molar-refractivity contribution < 1.29 is 14.4 Å². The Morgan fingerprint density at radius 2 is 1.92 bits per heavy atom. The highest BCUT2D eigenvalue weighted by Crippen LogP contribution is 2.19. The Hall–Kier alpha value is -2.37. The minimum atomic E-state index is -0.441. The molecule has 2 aliphatic rings. The van der Waals surface area contributed by atoms with Crippen molar-refractivity contribution in [3.05, 3.63) is 35.9 Å². The van der Waals surface area contributed by atoms with Crippen LogP contribution in [-0.2, 0) is 20.9 Å². The van der Waals surface area contributed by atoms with Crippen LogP contribution in [0.1, 0.15) is 31.7 Å². The SMILES string of the molecule is CC(=O)N1CCC[C@H](C(=O)N[C@H]2CCN(Cc3ccccc3)C2=O)C1. The van der Waals surface area contributed by atoms with Crippen LogP contribution in [0.25, 0.3) is 0 Å². The number of nitrogens with one attached hydrogen (secondary N) is 1. The van der Waals surface area contributed by atoms with Crippen LogP contribution in [0, 0.1) is 5.92 Å². The van der Waals surface area contributed by atoms with Gasteiger partial charge in [0.05, 0.1) is 5.92 Å². The zero-order valence-corrected chi connectivity index (χ0v) is 14.6. The molecule has 2 atom stereocenters. The maximum atomic E-state index is 12.5. The lowest BCUT2D eigenvalue weighted by Gasteiger charge is -2.31. The molecule has 0 bridgehead atoms. The van der Waals surface area contributed by atoms with Crippen molar-refractivity contribution in [1.29, 1.82) is 0 Å². The molecule has 0 aliphatic carbocycles. The molecular weight excluding hydrogens is 318 g/mol. The van der Waals surface area contributed by atoms with Crippen molar-refractivity contribution in [2.24, 2.45) is 5.92 Å². The number of nitrogens with zero attached hydrogens (tertiary/aromatic N) is 2. The number of carbonyl (C=O) groups excluding carboxylic acids is 3. The van der Waals surface area contributed by atoms with Gasteiger partial charge in [-0.1, -0.05) is 30.3 Å². The molecule has 134 valence electrons. The third-order valence-corrected chi connectivity index (χ3v) is 5.07. The number of rotatable bonds is 4. The molecule has 1 aromatic carbocycles. The van der Waals surface area contributed by atoms with E-state index in [2.05, 4.69) is 5.32 Å². The van der Waals surface area contributed by atoms with Gasteiger partial charge in [-0.25, -0.2) is 0 Å². The van der Waals surface area contributed by atoms with Crippen LogP contribution in [0.2, 0.25) is 0 Å². The number of amides is 3. The monoisotopic (exact) mass is 343 g/mol. The van der Waals surface area contributed by atoms with Gasteiger partial charge >= 0.3 is 0 Å². The zero-order chi connectivity index (χ0) is 17.8. The first-order valence-electron chi connectivity index (χ1n) is 8.93. The number of benzene rings is 1. The lowest BCUT2D eigenvalue weighted by atomic mass is 9.96. The fraction of sp³-hybridized carbons (Fsp3) is 0.526. The Labute approximate surface area is 148 Å². The molecule has 3 amide bonds. The van der Waals surface area contributed by atoms with E-state index >= 15 is 0 Å². The topological polar surface area (TPSA) is 69.7 Å². The summed E-state index contributed by atoms with van der Waals surface area (Å²) in [5.41, 5.74) is 1.09. The quantitative estimate of drug-likeness (QED) is 0.892. The average molecular weight is 343 g/mol. The smallest absolute Gasteiger partial charge is 0.245 e. The summed E-state index contributed by atoms with van der Waals surface area (Å²) in [6.45, 7) is 3.93. The van der Waals surface area contributed by atoms with Gasteiger partial charge in [0.2, 0.25) is 17.7 Å². The van der Waals surface area contributed by atoms with Gasteiger partial charge in [0.25, 0.3) is 0 Å². The van der Waals surface area contributed by atoms with Gasteiger partial charge in [0.1, 0.15) is 6.04 Å². The minimum absolute atomic E-state index is 0.00322. The third-order valence-electron chi connectivity index (χ3n) is 5.07. The van der Waals surface area contributed by atoms with E-state index in [4.69, 9.17) is 0 Å². The van der Waals surface area contributed by atoms with Gasteiger partial charge in [0, 0.05) is 33.1 Å². The Kier molecular flexibility index (Phi) is 5.36. The summed E-state index contributed by atoms with van der Waals surface area (Å²) in [7, 11) is 0. The molecule has 2 heterocycles. The lowest BCUT2D eigenvalue weighted by Crippen LogP contribution is -2.48. The summed E-state index contributed by atoms with van der Waals surface area (Å²) in [5.74, 6) is -0.334. The van der Waals surface area contributed by atoms with Gasteiger partial charge in [-0.15, -0.1) is 0 Å². The molecule has 0 aromatic heterocycles. The first-order valence-corrected chi connectivity index (χ1v) is 8.93. The highest BCUT2D eigenvalue weighted by Gasteiger charge is 2.35. The summed E-state index contributed by atoms with van der Waals surface area (Å²) in [5, 5.41) is 2.91. The van der Waals surface area contributed by atoms with E-state index in [-0.39, 0.29) is 23.6 Å². The van der Waals surface area contributed by atoms with Crippen molar-refractivity contribution in [2.45, 2.75) is 38.8 Å². The van der Waals surface area contributed by atoms with Crippen LogP contribution in [0.4, 0.5) is 0 Å². The molecule has 1 aromatic rings. The maximum absolute atomic E-state index is 12.5. The second-order valence-electron chi connectivity index (χ2n) is 6.90. The predicted molar refractivity (Wildman–Crippen MR) is 93.4 cm³/mol. The molecule has 6 heteroatoms. The molecule has 6 nitrogen and oxygen atoms in total. The van der Waals surface area contributed by atoms with E-state index in [1.807, 2.05) is 30.3 Å². The van der Waals surface area contributed by atoms with E-state index in [1.165, 1.54) is 6.92 Å². The van der Waals surface area contributed by atoms with Crippen molar-refractivity contribution in [3.8, 4) is 0 Å². The summed E-state index contributed by atoms with van der Waals surface area (Å²) in [6.07, 6.45) is 2.24. The Morgan fingerprint density at radius 3 is 2.64 bits per heavy atom. The molecule has 0 unspecified atom stereocenters. The van der Waals surface area contributed by atoms with E-state index in [9.17, 15) is 14.4 Å². The second-order valence-corrected chi connectivity index (χ2v) is 6.90. The molecule has 0 spiro atoms. The van der Waals surface area contributed by atoms with Gasteiger partial charge in [-0.3, -0.25) is 14.4 Å². The summed E-state index contributed by atoms with van der Waals surface area (Å²) < 4.78 is 0. The van der Waals surface area contributed by atoms with E-state index in [1.54, 1.807) is 9.80 Å². The molecule has 2 fully saturated rings. The van der Waals surface area contributed by atoms with Crippen LogP contribution < -0.4 is 5.32 Å². The highest BCUT2D eigenvalue weighted by molar-refractivity contribution is 5.90. The van der Waals surface area contributed by atoms with Crippen LogP contribution in [0.3, 0.4) is 0 Å².